The fourth-order valence-electron chi connectivity index (χ4n) is 2.95. The van der Waals surface area contributed by atoms with Crippen LogP contribution in [0, 0.1) is 11.7 Å². The molecule has 2 aromatic carbocycles. The average Bonchev–Trinajstić information content (AvgIpc) is 3.06. The first-order valence-corrected chi connectivity index (χ1v) is 7.68. The van der Waals surface area contributed by atoms with Crippen molar-refractivity contribution in [2.45, 2.75) is 12.6 Å². The molecule has 1 fully saturated rings. The lowest BCUT2D eigenvalue weighted by atomic mass is 9.93. The Bertz CT molecular complexity index is 677. The van der Waals surface area contributed by atoms with Gasteiger partial charge in [-0.05, 0) is 11.6 Å². The fraction of sp³-hybridized carbons (Fsp3) is 0.278. The van der Waals surface area contributed by atoms with E-state index in [0.29, 0.717) is 12.1 Å². The van der Waals surface area contributed by atoms with Crippen molar-refractivity contribution in [2.24, 2.45) is 5.92 Å². The number of hydrogen-bond acceptors (Lipinski definition) is 3. The van der Waals surface area contributed by atoms with Crippen molar-refractivity contribution in [2.75, 3.05) is 13.6 Å². The van der Waals surface area contributed by atoms with Gasteiger partial charge in [0.05, 0.1) is 12.0 Å². The van der Waals surface area contributed by atoms with Gasteiger partial charge in [-0.15, -0.1) is 0 Å². The van der Waals surface area contributed by atoms with Crippen LogP contribution >= 0.6 is 0 Å². The molecule has 23 heavy (non-hydrogen) atoms. The minimum atomic E-state index is -0.283. The van der Waals surface area contributed by atoms with E-state index >= 15 is 0 Å². The summed E-state index contributed by atoms with van der Waals surface area (Å²) < 4.78 is 13.8. The van der Waals surface area contributed by atoms with Crippen LogP contribution in [-0.4, -0.2) is 24.4 Å². The van der Waals surface area contributed by atoms with Crippen molar-refractivity contribution in [1.29, 1.82) is 0 Å². The van der Waals surface area contributed by atoms with Gasteiger partial charge in [-0.1, -0.05) is 48.5 Å². The van der Waals surface area contributed by atoms with Gasteiger partial charge in [0, 0.05) is 25.7 Å². The van der Waals surface area contributed by atoms with E-state index in [9.17, 15) is 9.18 Å². The van der Waals surface area contributed by atoms with Crippen LogP contribution in [0.5, 0.6) is 0 Å². The molecule has 0 aromatic heterocycles. The third-order valence-corrected chi connectivity index (χ3v) is 4.20. The lowest BCUT2D eigenvalue weighted by molar-refractivity contribution is -0.134. The number of nitrogens with zero attached hydrogens (tertiary/aromatic N) is 1. The summed E-state index contributed by atoms with van der Waals surface area (Å²) in [5.74, 6) is -0.497. The molecule has 5 heteroatoms. The zero-order chi connectivity index (χ0) is 16.2. The van der Waals surface area contributed by atoms with E-state index < -0.39 is 0 Å². The Hall–Kier alpha value is -2.24. The molecule has 0 aliphatic carbocycles. The van der Waals surface area contributed by atoms with Gasteiger partial charge in [0.25, 0.3) is 0 Å². The number of benzene rings is 2. The third kappa shape index (κ3) is 3.41. The van der Waals surface area contributed by atoms with Gasteiger partial charge in [0.1, 0.15) is 5.82 Å². The Kier molecular flexibility index (Phi) is 4.69. The molecule has 0 radical (unpaired) electrons. The van der Waals surface area contributed by atoms with E-state index in [4.69, 9.17) is 0 Å². The standard InChI is InChI=1S/C18H20FN3O/c1-22(12-14-9-5-6-10-16(14)19)18(23)15-11-20-21-17(15)13-7-3-2-4-8-13/h2-10,15,17,20-21H,11-12H2,1H3. The van der Waals surface area contributed by atoms with Crippen LogP contribution in [0.4, 0.5) is 4.39 Å². The molecule has 1 saturated heterocycles. The second kappa shape index (κ2) is 6.89. The van der Waals surface area contributed by atoms with Crippen molar-refractivity contribution in [3.8, 4) is 0 Å². The molecule has 1 aliphatic heterocycles. The summed E-state index contributed by atoms with van der Waals surface area (Å²) in [6.07, 6.45) is 0. The van der Waals surface area contributed by atoms with Crippen molar-refractivity contribution in [1.82, 2.24) is 15.8 Å². The highest BCUT2D eigenvalue weighted by Crippen LogP contribution is 2.26. The third-order valence-electron chi connectivity index (χ3n) is 4.20. The Morgan fingerprint density at radius 1 is 1.17 bits per heavy atom. The molecular formula is C18H20FN3O. The lowest BCUT2D eigenvalue weighted by Crippen LogP contribution is -2.36. The number of halogens is 1. The summed E-state index contributed by atoms with van der Waals surface area (Å²) in [4.78, 5) is 14.4. The van der Waals surface area contributed by atoms with Gasteiger partial charge in [0.15, 0.2) is 0 Å². The molecular weight excluding hydrogens is 293 g/mol. The minimum Gasteiger partial charge on any atom is -0.341 e. The first kappa shape index (κ1) is 15.6. The number of nitrogens with one attached hydrogen (secondary N) is 2. The quantitative estimate of drug-likeness (QED) is 0.910. The van der Waals surface area contributed by atoms with E-state index in [-0.39, 0.29) is 30.2 Å². The van der Waals surface area contributed by atoms with E-state index in [0.717, 1.165) is 5.56 Å². The predicted molar refractivity (Wildman–Crippen MR) is 86.7 cm³/mol. The van der Waals surface area contributed by atoms with Crippen molar-refractivity contribution >= 4 is 5.91 Å². The van der Waals surface area contributed by atoms with Crippen molar-refractivity contribution in [3.05, 3.63) is 71.5 Å². The maximum absolute atomic E-state index is 13.8. The van der Waals surface area contributed by atoms with Crippen LogP contribution < -0.4 is 10.9 Å². The second-order valence-corrected chi connectivity index (χ2v) is 5.81. The topological polar surface area (TPSA) is 44.4 Å². The van der Waals surface area contributed by atoms with Gasteiger partial charge in [-0.3, -0.25) is 10.2 Å². The monoisotopic (exact) mass is 313 g/mol. The van der Waals surface area contributed by atoms with Crippen molar-refractivity contribution < 1.29 is 9.18 Å². The highest BCUT2D eigenvalue weighted by Gasteiger charge is 2.35. The summed E-state index contributed by atoms with van der Waals surface area (Å²) in [5, 5.41) is 0. The van der Waals surface area contributed by atoms with Crippen LogP contribution in [0.1, 0.15) is 17.2 Å². The summed E-state index contributed by atoms with van der Waals surface area (Å²) in [6.45, 7) is 0.823. The molecule has 3 rings (SSSR count). The Balaban J connectivity index is 1.73. The molecule has 2 unspecified atom stereocenters. The van der Waals surface area contributed by atoms with Crippen LogP contribution in [-0.2, 0) is 11.3 Å². The second-order valence-electron chi connectivity index (χ2n) is 5.81. The van der Waals surface area contributed by atoms with Gasteiger partial charge in [-0.2, -0.15) is 0 Å². The molecule has 4 nitrogen and oxygen atoms in total. The average molecular weight is 313 g/mol. The van der Waals surface area contributed by atoms with Gasteiger partial charge in [-0.25, -0.2) is 9.82 Å². The molecule has 0 bridgehead atoms. The molecule has 1 aliphatic rings. The number of hydrazine groups is 1. The summed E-state index contributed by atoms with van der Waals surface area (Å²) in [6, 6.07) is 16.3. The summed E-state index contributed by atoms with van der Waals surface area (Å²) in [7, 11) is 1.72. The molecule has 2 atom stereocenters. The Morgan fingerprint density at radius 2 is 1.87 bits per heavy atom. The SMILES string of the molecule is CN(Cc1ccccc1F)C(=O)C1CNNC1c1ccccc1. The Morgan fingerprint density at radius 3 is 2.61 bits per heavy atom. The normalized spacial score (nSPS) is 20.4. The summed E-state index contributed by atoms with van der Waals surface area (Å²) in [5.41, 5.74) is 7.81. The minimum absolute atomic E-state index is 0.000365. The van der Waals surface area contributed by atoms with Crippen LogP contribution in [0.2, 0.25) is 0 Å². The van der Waals surface area contributed by atoms with Gasteiger partial charge < -0.3 is 4.90 Å². The van der Waals surface area contributed by atoms with Crippen LogP contribution in [0.3, 0.4) is 0 Å². The molecule has 1 amide bonds. The van der Waals surface area contributed by atoms with E-state index in [2.05, 4.69) is 10.9 Å². The highest BCUT2D eigenvalue weighted by atomic mass is 19.1. The molecule has 1 heterocycles. The largest absolute Gasteiger partial charge is 0.341 e. The van der Waals surface area contributed by atoms with Crippen LogP contribution in [0.15, 0.2) is 54.6 Å². The fourth-order valence-corrected chi connectivity index (χ4v) is 2.95. The number of rotatable bonds is 4. The van der Waals surface area contributed by atoms with Crippen molar-refractivity contribution in [3.63, 3.8) is 0 Å². The maximum atomic E-state index is 13.8. The van der Waals surface area contributed by atoms with E-state index in [1.807, 2.05) is 30.3 Å². The molecule has 2 N–H and O–H groups in total. The molecule has 2 aromatic rings. The zero-order valence-corrected chi connectivity index (χ0v) is 13.0. The molecule has 0 spiro atoms. The molecule has 0 saturated carbocycles. The van der Waals surface area contributed by atoms with E-state index in [1.165, 1.54) is 6.07 Å². The number of carbonyl (C=O) groups is 1. The first-order valence-electron chi connectivity index (χ1n) is 7.68. The highest BCUT2D eigenvalue weighted by molar-refractivity contribution is 5.80. The molecule has 120 valence electrons. The number of carbonyl (C=O) groups excluding carboxylic acids is 1. The van der Waals surface area contributed by atoms with Gasteiger partial charge >= 0.3 is 0 Å². The number of amides is 1. The Labute approximate surface area is 135 Å². The van der Waals surface area contributed by atoms with E-state index in [1.54, 1.807) is 30.1 Å². The zero-order valence-electron chi connectivity index (χ0n) is 13.0. The lowest BCUT2D eigenvalue weighted by Gasteiger charge is -2.24. The smallest absolute Gasteiger partial charge is 0.229 e. The first-order chi connectivity index (χ1) is 11.2. The number of hydrogen-bond donors (Lipinski definition) is 2. The van der Waals surface area contributed by atoms with Gasteiger partial charge in [0.2, 0.25) is 5.91 Å². The maximum Gasteiger partial charge on any atom is 0.229 e. The van der Waals surface area contributed by atoms with Crippen LogP contribution in [0.25, 0.3) is 0 Å². The summed E-state index contributed by atoms with van der Waals surface area (Å²) >= 11 is 0. The predicted octanol–water partition coefficient (Wildman–Crippen LogP) is 2.25.